The molecule has 0 radical (unpaired) electrons. The Balaban J connectivity index is 2.18. The molecule has 0 heterocycles. The first-order chi connectivity index (χ1) is 7.74. The Bertz CT molecular complexity index is 285. The molecule has 3 atom stereocenters. The quantitative estimate of drug-likeness (QED) is 0.642. The van der Waals surface area contributed by atoms with Crippen LogP contribution in [0, 0.1) is 17.8 Å². The monoisotopic (exact) mass is 224 g/mol. The zero-order valence-corrected chi connectivity index (χ0v) is 9.91. The van der Waals surface area contributed by atoms with Crippen molar-refractivity contribution >= 4 is 11.8 Å². The van der Waals surface area contributed by atoms with Crippen molar-refractivity contribution < 1.29 is 14.3 Å². The van der Waals surface area contributed by atoms with Crippen LogP contribution in [0.5, 0.6) is 0 Å². The number of methoxy groups -OCH3 is 1. The molecule has 16 heavy (non-hydrogen) atoms. The first-order valence-electron chi connectivity index (χ1n) is 6.34. The molecule has 2 aliphatic carbocycles. The lowest BCUT2D eigenvalue weighted by Gasteiger charge is -2.32. The molecular formula is C13H20O3. The van der Waals surface area contributed by atoms with E-state index in [0.717, 1.165) is 38.5 Å². The van der Waals surface area contributed by atoms with Gasteiger partial charge in [-0.25, -0.2) is 0 Å². The Kier molecular flexibility index (Phi) is 3.62. The summed E-state index contributed by atoms with van der Waals surface area (Å²) in [5.74, 6) is 0.654. The number of rotatable bonds is 1. The molecule has 2 saturated carbocycles. The molecule has 3 nitrogen and oxygen atoms in total. The number of hydrogen-bond acceptors (Lipinski definition) is 3. The smallest absolute Gasteiger partial charge is 0.308 e. The van der Waals surface area contributed by atoms with Crippen molar-refractivity contribution in [2.24, 2.45) is 17.8 Å². The van der Waals surface area contributed by atoms with E-state index in [-0.39, 0.29) is 23.7 Å². The lowest BCUT2D eigenvalue weighted by Crippen LogP contribution is -2.34. The summed E-state index contributed by atoms with van der Waals surface area (Å²) in [4.78, 5) is 23.7. The van der Waals surface area contributed by atoms with Crippen LogP contribution in [0.15, 0.2) is 0 Å². The summed E-state index contributed by atoms with van der Waals surface area (Å²) in [7, 11) is 1.45. The van der Waals surface area contributed by atoms with Gasteiger partial charge in [-0.3, -0.25) is 9.59 Å². The minimum atomic E-state index is -0.105. The molecule has 0 N–H and O–H groups in total. The summed E-state index contributed by atoms with van der Waals surface area (Å²) < 4.78 is 4.88. The van der Waals surface area contributed by atoms with E-state index in [1.165, 1.54) is 7.11 Å². The first kappa shape index (κ1) is 11.6. The van der Waals surface area contributed by atoms with E-state index < -0.39 is 0 Å². The van der Waals surface area contributed by atoms with Crippen molar-refractivity contribution in [3.63, 3.8) is 0 Å². The van der Waals surface area contributed by atoms with Gasteiger partial charge in [0.25, 0.3) is 0 Å². The second kappa shape index (κ2) is 4.98. The van der Waals surface area contributed by atoms with Crippen molar-refractivity contribution in [3.05, 3.63) is 0 Å². The molecule has 2 unspecified atom stereocenters. The number of ether oxygens (including phenoxy) is 1. The van der Waals surface area contributed by atoms with Gasteiger partial charge in [-0.05, 0) is 31.6 Å². The van der Waals surface area contributed by atoms with Crippen molar-refractivity contribution in [2.45, 2.75) is 44.9 Å². The van der Waals surface area contributed by atoms with Gasteiger partial charge in [0.15, 0.2) is 0 Å². The van der Waals surface area contributed by atoms with Crippen molar-refractivity contribution in [1.82, 2.24) is 0 Å². The van der Waals surface area contributed by atoms with Crippen LogP contribution in [-0.2, 0) is 14.3 Å². The summed E-state index contributed by atoms with van der Waals surface area (Å²) in [5, 5.41) is 0. The van der Waals surface area contributed by atoms with Crippen LogP contribution in [0.3, 0.4) is 0 Å². The molecule has 0 spiro atoms. The molecule has 0 aliphatic heterocycles. The average molecular weight is 224 g/mol. The summed E-state index contributed by atoms with van der Waals surface area (Å²) in [6.07, 6.45) is 6.65. The molecule has 0 amide bonds. The van der Waals surface area contributed by atoms with E-state index in [9.17, 15) is 9.59 Å². The highest BCUT2D eigenvalue weighted by Gasteiger charge is 2.41. The van der Waals surface area contributed by atoms with E-state index in [1.807, 2.05) is 0 Å². The highest BCUT2D eigenvalue weighted by atomic mass is 16.5. The fourth-order valence-electron chi connectivity index (χ4n) is 3.38. The highest BCUT2D eigenvalue weighted by Crippen LogP contribution is 2.41. The molecule has 3 heteroatoms. The SMILES string of the molecule is COC(=O)C1CCCC(=O)[C@H]2CCCCC12. The van der Waals surface area contributed by atoms with Crippen LogP contribution in [-0.4, -0.2) is 18.9 Å². The minimum absolute atomic E-state index is 0.0262. The fraction of sp³-hybridized carbons (Fsp3) is 0.846. The molecule has 0 bridgehead atoms. The van der Waals surface area contributed by atoms with Crippen LogP contribution < -0.4 is 0 Å². The Labute approximate surface area is 96.5 Å². The third-order valence-electron chi connectivity index (χ3n) is 4.19. The predicted molar refractivity (Wildman–Crippen MR) is 59.8 cm³/mol. The molecular weight excluding hydrogens is 204 g/mol. The lowest BCUT2D eigenvalue weighted by molar-refractivity contribution is -0.149. The predicted octanol–water partition coefficient (Wildman–Crippen LogP) is 2.33. The van der Waals surface area contributed by atoms with Gasteiger partial charge >= 0.3 is 5.97 Å². The number of carbonyl (C=O) groups is 2. The van der Waals surface area contributed by atoms with Crippen LogP contribution in [0.1, 0.15) is 44.9 Å². The second-order valence-corrected chi connectivity index (χ2v) is 5.04. The maximum absolute atomic E-state index is 12.0. The van der Waals surface area contributed by atoms with Crippen LogP contribution >= 0.6 is 0 Å². The molecule has 2 aliphatic rings. The van der Waals surface area contributed by atoms with E-state index in [0.29, 0.717) is 12.2 Å². The molecule has 2 rings (SSSR count). The fourth-order valence-corrected chi connectivity index (χ4v) is 3.38. The van der Waals surface area contributed by atoms with Gasteiger partial charge in [0.2, 0.25) is 0 Å². The molecule has 2 fully saturated rings. The summed E-state index contributed by atoms with van der Waals surface area (Å²) in [6.45, 7) is 0. The minimum Gasteiger partial charge on any atom is -0.469 e. The van der Waals surface area contributed by atoms with Gasteiger partial charge in [-0.15, -0.1) is 0 Å². The van der Waals surface area contributed by atoms with E-state index in [4.69, 9.17) is 4.74 Å². The summed E-state index contributed by atoms with van der Waals surface area (Å²) in [6, 6.07) is 0. The maximum Gasteiger partial charge on any atom is 0.308 e. The normalized spacial score (nSPS) is 35.1. The van der Waals surface area contributed by atoms with Crippen LogP contribution in [0.25, 0.3) is 0 Å². The molecule has 0 aromatic carbocycles. The van der Waals surface area contributed by atoms with Crippen molar-refractivity contribution in [3.8, 4) is 0 Å². The molecule has 0 saturated heterocycles. The van der Waals surface area contributed by atoms with Gasteiger partial charge in [-0.1, -0.05) is 12.8 Å². The Morgan fingerprint density at radius 1 is 1.19 bits per heavy atom. The lowest BCUT2D eigenvalue weighted by atomic mass is 9.71. The van der Waals surface area contributed by atoms with Gasteiger partial charge in [0, 0.05) is 12.3 Å². The number of ketones is 1. The largest absolute Gasteiger partial charge is 0.469 e. The van der Waals surface area contributed by atoms with Crippen molar-refractivity contribution in [2.75, 3.05) is 7.11 Å². The number of Topliss-reactive ketones (excluding diaryl/α,β-unsaturated/α-hetero) is 1. The van der Waals surface area contributed by atoms with Crippen LogP contribution in [0.4, 0.5) is 0 Å². The standard InChI is InChI=1S/C13H20O3/c1-16-13(15)11-7-4-8-12(14)10-6-3-2-5-9(10)11/h9-11H,2-8H2,1H3/t9?,10-,11?/m0/s1. The summed E-state index contributed by atoms with van der Waals surface area (Å²) >= 11 is 0. The number of carbonyl (C=O) groups excluding carboxylic acids is 2. The molecule has 0 aromatic heterocycles. The maximum atomic E-state index is 12.0. The Morgan fingerprint density at radius 2 is 1.94 bits per heavy atom. The number of fused-ring (bicyclic) bond motifs is 1. The molecule has 90 valence electrons. The topological polar surface area (TPSA) is 43.4 Å². The Hall–Kier alpha value is -0.860. The van der Waals surface area contributed by atoms with E-state index in [1.54, 1.807) is 0 Å². The van der Waals surface area contributed by atoms with Gasteiger partial charge in [0.05, 0.1) is 13.0 Å². The van der Waals surface area contributed by atoms with E-state index in [2.05, 4.69) is 0 Å². The third-order valence-corrected chi connectivity index (χ3v) is 4.19. The zero-order chi connectivity index (χ0) is 11.5. The van der Waals surface area contributed by atoms with Gasteiger partial charge in [0.1, 0.15) is 5.78 Å². The van der Waals surface area contributed by atoms with Crippen molar-refractivity contribution in [1.29, 1.82) is 0 Å². The number of esters is 1. The van der Waals surface area contributed by atoms with Gasteiger partial charge in [-0.2, -0.15) is 0 Å². The van der Waals surface area contributed by atoms with Gasteiger partial charge < -0.3 is 4.74 Å². The zero-order valence-electron chi connectivity index (χ0n) is 9.91. The average Bonchev–Trinajstić information content (AvgIpc) is 2.49. The third kappa shape index (κ3) is 2.13. The highest BCUT2D eigenvalue weighted by molar-refractivity contribution is 5.83. The number of hydrogen-bond donors (Lipinski definition) is 0. The second-order valence-electron chi connectivity index (χ2n) is 5.04. The van der Waals surface area contributed by atoms with E-state index >= 15 is 0 Å². The Morgan fingerprint density at radius 3 is 2.69 bits per heavy atom. The molecule has 0 aromatic rings. The summed E-state index contributed by atoms with van der Waals surface area (Å²) in [5.41, 5.74) is 0. The van der Waals surface area contributed by atoms with Crippen LogP contribution in [0.2, 0.25) is 0 Å². The first-order valence-corrected chi connectivity index (χ1v) is 6.34.